The van der Waals surface area contributed by atoms with Crippen LogP contribution >= 0.6 is 12.2 Å². The highest BCUT2D eigenvalue weighted by Crippen LogP contribution is 2.38. The van der Waals surface area contributed by atoms with E-state index in [9.17, 15) is 0 Å². The molecule has 1 fully saturated rings. The molecule has 0 amide bonds. The molecule has 2 N–H and O–H groups in total. The summed E-state index contributed by atoms with van der Waals surface area (Å²) in [5.74, 6) is 2.27. The molecule has 1 aliphatic carbocycles. The molecule has 0 bridgehead atoms. The molecule has 0 saturated heterocycles. The first kappa shape index (κ1) is 24.2. The maximum atomic E-state index is 6.01. The molecule has 2 unspecified atom stereocenters. The summed E-state index contributed by atoms with van der Waals surface area (Å²) < 4.78 is 6.01. The van der Waals surface area contributed by atoms with Crippen LogP contribution in [0.2, 0.25) is 0 Å². The molecule has 2 atom stereocenters. The van der Waals surface area contributed by atoms with E-state index in [4.69, 9.17) is 17.0 Å². The lowest BCUT2D eigenvalue weighted by Crippen LogP contribution is -2.46. The van der Waals surface area contributed by atoms with Crippen LogP contribution in [0, 0.1) is 11.3 Å². The van der Waals surface area contributed by atoms with Crippen molar-refractivity contribution in [1.29, 1.82) is 0 Å². The molecule has 2 aromatic carbocycles. The molecule has 2 aromatic rings. The van der Waals surface area contributed by atoms with Crippen LogP contribution in [0.5, 0.6) is 11.5 Å². The first-order valence-electron chi connectivity index (χ1n) is 11.5. The average molecular weight is 452 g/mol. The Balaban J connectivity index is 1.53. The molecular formula is C27H37N3OS. The third-order valence-corrected chi connectivity index (χ3v) is 6.14. The molecule has 5 heteroatoms. The van der Waals surface area contributed by atoms with Crippen molar-refractivity contribution in [2.24, 2.45) is 16.3 Å². The van der Waals surface area contributed by atoms with E-state index in [0.29, 0.717) is 22.5 Å². The quantitative estimate of drug-likeness (QED) is 0.289. The fourth-order valence-corrected chi connectivity index (χ4v) is 4.85. The molecule has 1 saturated carbocycles. The molecule has 0 heterocycles. The van der Waals surface area contributed by atoms with E-state index in [2.05, 4.69) is 69.3 Å². The Morgan fingerprint density at radius 3 is 2.47 bits per heavy atom. The number of aliphatic imine (C=N–C) groups is 1. The van der Waals surface area contributed by atoms with E-state index in [1.807, 2.05) is 36.4 Å². The van der Waals surface area contributed by atoms with Crippen molar-refractivity contribution in [1.82, 2.24) is 10.6 Å². The van der Waals surface area contributed by atoms with E-state index >= 15 is 0 Å². The number of rotatable bonds is 5. The molecule has 0 spiro atoms. The summed E-state index contributed by atoms with van der Waals surface area (Å²) in [6.07, 6.45) is 5.20. The van der Waals surface area contributed by atoms with Gasteiger partial charge in [-0.15, -0.1) is 0 Å². The summed E-state index contributed by atoms with van der Waals surface area (Å²) >= 11 is 5.47. The van der Waals surface area contributed by atoms with Gasteiger partial charge >= 0.3 is 0 Å². The number of hydrogen-bond acceptors (Lipinski definition) is 3. The van der Waals surface area contributed by atoms with Gasteiger partial charge in [-0.1, -0.05) is 59.7 Å². The first-order chi connectivity index (χ1) is 15.0. The largest absolute Gasteiger partial charge is 0.457 e. The van der Waals surface area contributed by atoms with Crippen molar-refractivity contribution in [3.05, 3.63) is 54.1 Å². The molecule has 0 aromatic heterocycles. The van der Waals surface area contributed by atoms with E-state index in [1.165, 1.54) is 12.0 Å². The lowest BCUT2D eigenvalue weighted by molar-refractivity contribution is 0.161. The van der Waals surface area contributed by atoms with E-state index in [1.54, 1.807) is 6.34 Å². The van der Waals surface area contributed by atoms with Crippen LogP contribution in [0.3, 0.4) is 0 Å². The summed E-state index contributed by atoms with van der Waals surface area (Å²) in [6, 6.07) is 16.4. The van der Waals surface area contributed by atoms with Gasteiger partial charge in [-0.2, -0.15) is 0 Å². The summed E-state index contributed by atoms with van der Waals surface area (Å²) in [5, 5.41) is 7.17. The van der Waals surface area contributed by atoms with E-state index < -0.39 is 0 Å². The van der Waals surface area contributed by atoms with Crippen molar-refractivity contribution in [2.45, 2.75) is 72.3 Å². The number of hydrogen-bond donors (Lipinski definition) is 2. The Kier molecular flexibility index (Phi) is 7.60. The molecule has 4 nitrogen and oxygen atoms in total. The Labute approximate surface area is 198 Å². The van der Waals surface area contributed by atoms with Crippen LogP contribution in [-0.4, -0.2) is 17.5 Å². The van der Waals surface area contributed by atoms with Gasteiger partial charge < -0.3 is 15.4 Å². The third kappa shape index (κ3) is 7.33. The van der Waals surface area contributed by atoms with Crippen molar-refractivity contribution in [3.8, 4) is 11.5 Å². The summed E-state index contributed by atoms with van der Waals surface area (Å²) in [5.41, 5.74) is 2.56. The van der Waals surface area contributed by atoms with Gasteiger partial charge in [0, 0.05) is 12.1 Å². The smallest absolute Gasteiger partial charge is 0.171 e. The van der Waals surface area contributed by atoms with E-state index in [-0.39, 0.29) is 5.41 Å². The standard InChI is InChI=1S/C27H37N3OS/c1-19-14-22(17-27(5,6)16-19)30-25(32)29-18-28-21-8-7-9-24(15-21)31-23-12-10-20(11-13-23)26(2,3)4/h7-13,15,18-19,22H,14,16-17H2,1-6H3,(H2,28,29,30,32). The zero-order valence-corrected chi connectivity index (χ0v) is 21.1. The van der Waals surface area contributed by atoms with Crippen molar-refractivity contribution < 1.29 is 4.74 Å². The van der Waals surface area contributed by atoms with Gasteiger partial charge in [0.05, 0.1) is 12.0 Å². The monoisotopic (exact) mass is 451 g/mol. The Bertz CT molecular complexity index is 944. The Morgan fingerprint density at radius 1 is 1.09 bits per heavy atom. The van der Waals surface area contributed by atoms with Gasteiger partial charge in [0.2, 0.25) is 0 Å². The van der Waals surface area contributed by atoms with Crippen molar-refractivity contribution in [3.63, 3.8) is 0 Å². The number of benzene rings is 2. The van der Waals surface area contributed by atoms with Gasteiger partial charge in [0.15, 0.2) is 5.11 Å². The Hall–Kier alpha value is -2.40. The number of thiocarbonyl (C=S) groups is 1. The molecule has 0 aliphatic heterocycles. The first-order valence-corrected chi connectivity index (χ1v) is 11.9. The molecule has 172 valence electrons. The molecule has 32 heavy (non-hydrogen) atoms. The minimum absolute atomic E-state index is 0.126. The van der Waals surface area contributed by atoms with Crippen LogP contribution in [0.25, 0.3) is 0 Å². The lowest BCUT2D eigenvalue weighted by Gasteiger charge is -2.39. The SMILES string of the molecule is CC1CC(NC(=S)NC=Nc2cccc(Oc3ccc(C(C)(C)C)cc3)c2)CC(C)(C)C1. The zero-order valence-electron chi connectivity index (χ0n) is 20.2. The van der Waals surface area contributed by atoms with Crippen LogP contribution in [0.15, 0.2) is 53.5 Å². The number of nitrogens with zero attached hydrogens (tertiary/aromatic N) is 1. The second kappa shape index (κ2) is 10.0. The van der Waals surface area contributed by atoms with Gasteiger partial charge in [-0.25, -0.2) is 4.99 Å². The second-order valence-corrected chi connectivity index (χ2v) is 11.3. The minimum Gasteiger partial charge on any atom is -0.457 e. The number of ether oxygens (including phenoxy) is 1. The fourth-order valence-electron chi connectivity index (χ4n) is 4.63. The fraction of sp³-hybridized carbons (Fsp3) is 0.481. The predicted octanol–water partition coefficient (Wildman–Crippen LogP) is 7.12. The van der Waals surface area contributed by atoms with Crippen molar-refractivity contribution >= 4 is 29.4 Å². The Morgan fingerprint density at radius 2 is 1.81 bits per heavy atom. The van der Waals surface area contributed by atoms with Crippen molar-refractivity contribution in [2.75, 3.05) is 0 Å². The average Bonchev–Trinajstić information content (AvgIpc) is 2.66. The van der Waals surface area contributed by atoms with Crippen LogP contribution in [0.1, 0.15) is 66.4 Å². The summed E-state index contributed by atoms with van der Waals surface area (Å²) in [6.45, 7) is 13.6. The maximum absolute atomic E-state index is 6.01. The maximum Gasteiger partial charge on any atom is 0.171 e. The van der Waals surface area contributed by atoms with Gasteiger partial charge in [-0.05, 0) is 78.1 Å². The summed E-state index contributed by atoms with van der Waals surface area (Å²) in [4.78, 5) is 4.49. The highest BCUT2D eigenvalue weighted by molar-refractivity contribution is 7.80. The van der Waals surface area contributed by atoms with Gasteiger partial charge in [-0.3, -0.25) is 0 Å². The molecule has 3 rings (SSSR count). The molecular weight excluding hydrogens is 414 g/mol. The predicted molar refractivity (Wildman–Crippen MR) is 139 cm³/mol. The molecule has 1 aliphatic rings. The summed E-state index contributed by atoms with van der Waals surface area (Å²) in [7, 11) is 0. The third-order valence-electron chi connectivity index (χ3n) is 5.91. The van der Waals surface area contributed by atoms with Crippen LogP contribution in [-0.2, 0) is 5.41 Å². The highest BCUT2D eigenvalue weighted by atomic mass is 32.1. The van der Waals surface area contributed by atoms with Gasteiger partial charge in [0.25, 0.3) is 0 Å². The minimum atomic E-state index is 0.126. The number of nitrogens with one attached hydrogen (secondary N) is 2. The zero-order chi connectivity index (χ0) is 23.4. The van der Waals surface area contributed by atoms with E-state index in [0.717, 1.165) is 30.0 Å². The van der Waals surface area contributed by atoms with Crippen LogP contribution in [0.4, 0.5) is 5.69 Å². The topological polar surface area (TPSA) is 45.7 Å². The van der Waals surface area contributed by atoms with Gasteiger partial charge in [0.1, 0.15) is 11.5 Å². The molecule has 0 radical (unpaired) electrons. The highest BCUT2D eigenvalue weighted by Gasteiger charge is 2.32. The normalized spacial score (nSPS) is 20.7. The second-order valence-electron chi connectivity index (χ2n) is 10.9. The van der Waals surface area contributed by atoms with Crippen LogP contribution < -0.4 is 15.4 Å². The lowest BCUT2D eigenvalue weighted by atomic mass is 9.71.